The standard InChI is InChI=1S/C14H19N3O3/c1-2-19-11-4-7-20-14(8-11)9-17(10-14)13(18)12-15-5-3-6-16-12/h3,5-6,11H,2,4,7-10H2,1H3/t11-/m1/s1. The topological polar surface area (TPSA) is 64.6 Å². The molecule has 108 valence electrons. The Balaban J connectivity index is 1.59. The van der Waals surface area contributed by atoms with E-state index < -0.39 is 0 Å². The van der Waals surface area contributed by atoms with E-state index in [0.717, 1.165) is 19.4 Å². The summed E-state index contributed by atoms with van der Waals surface area (Å²) >= 11 is 0. The molecule has 0 saturated carbocycles. The molecule has 0 unspecified atom stereocenters. The van der Waals surface area contributed by atoms with Crippen molar-refractivity contribution in [2.75, 3.05) is 26.3 Å². The van der Waals surface area contributed by atoms with Gasteiger partial charge in [0.15, 0.2) is 0 Å². The summed E-state index contributed by atoms with van der Waals surface area (Å²) in [6, 6.07) is 1.70. The first-order valence-electron chi connectivity index (χ1n) is 7.04. The molecule has 0 aromatic carbocycles. The molecule has 0 radical (unpaired) electrons. The van der Waals surface area contributed by atoms with Gasteiger partial charge in [-0.05, 0) is 19.4 Å². The maximum absolute atomic E-state index is 12.2. The molecule has 1 amide bonds. The van der Waals surface area contributed by atoms with Crippen LogP contribution in [0.1, 0.15) is 30.4 Å². The molecule has 0 bridgehead atoms. The molecule has 20 heavy (non-hydrogen) atoms. The normalized spacial score (nSPS) is 24.4. The van der Waals surface area contributed by atoms with Crippen molar-refractivity contribution in [1.29, 1.82) is 0 Å². The van der Waals surface area contributed by atoms with Crippen LogP contribution in [0.5, 0.6) is 0 Å². The quantitative estimate of drug-likeness (QED) is 0.821. The van der Waals surface area contributed by atoms with Crippen molar-refractivity contribution in [1.82, 2.24) is 14.9 Å². The summed E-state index contributed by atoms with van der Waals surface area (Å²) in [5, 5.41) is 0. The van der Waals surface area contributed by atoms with Crippen LogP contribution in [0.4, 0.5) is 0 Å². The molecule has 0 N–H and O–H groups in total. The first-order chi connectivity index (χ1) is 9.72. The average molecular weight is 277 g/mol. The number of nitrogens with zero attached hydrogens (tertiary/aromatic N) is 3. The van der Waals surface area contributed by atoms with E-state index in [1.54, 1.807) is 23.4 Å². The van der Waals surface area contributed by atoms with Crippen molar-refractivity contribution in [2.24, 2.45) is 0 Å². The lowest BCUT2D eigenvalue weighted by Gasteiger charge is -2.52. The van der Waals surface area contributed by atoms with E-state index >= 15 is 0 Å². The summed E-state index contributed by atoms with van der Waals surface area (Å²) in [5.41, 5.74) is -0.220. The van der Waals surface area contributed by atoms with Gasteiger partial charge in [-0.15, -0.1) is 0 Å². The third kappa shape index (κ3) is 2.53. The number of amides is 1. The zero-order valence-electron chi connectivity index (χ0n) is 11.6. The predicted molar refractivity (Wildman–Crippen MR) is 71.3 cm³/mol. The van der Waals surface area contributed by atoms with E-state index in [2.05, 4.69) is 9.97 Å². The number of hydrogen-bond acceptors (Lipinski definition) is 5. The minimum Gasteiger partial charge on any atom is -0.378 e. The third-order valence-corrected chi connectivity index (χ3v) is 3.85. The van der Waals surface area contributed by atoms with E-state index in [0.29, 0.717) is 19.7 Å². The van der Waals surface area contributed by atoms with E-state index in [1.807, 2.05) is 6.92 Å². The Kier molecular flexibility index (Phi) is 3.67. The van der Waals surface area contributed by atoms with Gasteiger partial charge < -0.3 is 14.4 Å². The minimum absolute atomic E-state index is 0.127. The molecule has 2 aliphatic heterocycles. The highest BCUT2D eigenvalue weighted by Gasteiger charge is 2.50. The Labute approximate surface area is 118 Å². The van der Waals surface area contributed by atoms with Crippen molar-refractivity contribution in [2.45, 2.75) is 31.5 Å². The summed E-state index contributed by atoms with van der Waals surface area (Å²) in [7, 11) is 0. The maximum atomic E-state index is 12.2. The number of aromatic nitrogens is 2. The van der Waals surface area contributed by atoms with Crippen LogP contribution in [0.25, 0.3) is 0 Å². The van der Waals surface area contributed by atoms with E-state index in [-0.39, 0.29) is 23.4 Å². The second kappa shape index (κ2) is 5.46. The lowest BCUT2D eigenvalue weighted by Crippen LogP contribution is -2.67. The molecule has 6 nitrogen and oxygen atoms in total. The number of carbonyl (C=O) groups excluding carboxylic acids is 1. The highest BCUT2D eigenvalue weighted by Crippen LogP contribution is 2.35. The van der Waals surface area contributed by atoms with Crippen LogP contribution in [0.2, 0.25) is 0 Å². The molecule has 2 fully saturated rings. The van der Waals surface area contributed by atoms with Gasteiger partial charge in [0.25, 0.3) is 5.91 Å². The summed E-state index contributed by atoms with van der Waals surface area (Å²) in [6.07, 6.45) is 5.21. The fraction of sp³-hybridized carbons (Fsp3) is 0.643. The van der Waals surface area contributed by atoms with Crippen LogP contribution >= 0.6 is 0 Å². The number of rotatable bonds is 3. The number of likely N-dealkylation sites (tertiary alicyclic amines) is 1. The van der Waals surface area contributed by atoms with Crippen LogP contribution in [0, 0.1) is 0 Å². The molecule has 1 atom stereocenters. The monoisotopic (exact) mass is 277 g/mol. The third-order valence-electron chi connectivity index (χ3n) is 3.85. The fourth-order valence-electron chi connectivity index (χ4n) is 2.93. The summed E-state index contributed by atoms with van der Waals surface area (Å²) in [4.78, 5) is 21.9. The molecular formula is C14H19N3O3. The Bertz CT molecular complexity index is 472. The highest BCUT2D eigenvalue weighted by molar-refractivity contribution is 5.91. The predicted octanol–water partition coefficient (Wildman–Crippen LogP) is 0.887. The minimum atomic E-state index is -0.220. The van der Waals surface area contributed by atoms with Crippen LogP contribution in [0.15, 0.2) is 18.5 Å². The summed E-state index contributed by atoms with van der Waals surface area (Å²) in [6.45, 7) is 4.64. The first kappa shape index (κ1) is 13.5. The second-order valence-corrected chi connectivity index (χ2v) is 5.34. The van der Waals surface area contributed by atoms with Crippen molar-refractivity contribution in [3.8, 4) is 0 Å². The van der Waals surface area contributed by atoms with Gasteiger partial charge in [-0.25, -0.2) is 9.97 Å². The smallest absolute Gasteiger partial charge is 0.291 e. The molecule has 1 aromatic heterocycles. The van der Waals surface area contributed by atoms with Crippen molar-refractivity contribution in [3.63, 3.8) is 0 Å². The van der Waals surface area contributed by atoms with Gasteiger partial charge in [0, 0.05) is 32.0 Å². The summed E-state index contributed by atoms with van der Waals surface area (Å²) in [5.74, 6) is 0.123. The van der Waals surface area contributed by atoms with Gasteiger partial charge in [-0.2, -0.15) is 0 Å². The Morgan fingerprint density at radius 2 is 2.25 bits per heavy atom. The molecule has 2 saturated heterocycles. The van der Waals surface area contributed by atoms with E-state index in [1.165, 1.54) is 0 Å². The number of ether oxygens (including phenoxy) is 2. The molecule has 3 heterocycles. The molecule has 1 spiro atoms. The van der Waals surface area contributed by atoms with E-state index in [9.17, 15) is 4.79 Å². The SMILES string of the molecule is CCO[C@@H]1CCOC2(C1)CN(C(=O)c1ncccn1)C2. The summed E-state index contributed by atoms with van der Waals surface area (Å²) < 4.78 is 11.6. The van der Waals surface area contributed by atoms with Gasteiger partial charge >= 0.3 is 0 Å². The number of hydrogen-bond donors (Lipinski definition) is 0. The molecule has 6 heteroatoms. The van der Waals surface area contributed by atoms with Crippen molar-refractivity contribution < 1.29 is 14.3 Å². The van der Waals surface area contributed by atoms with Gasteiger partial charge in [-0.1, -0.05) is 0 Å². The average Bonchev–Trinajstić information content (AvgIpc) is 2.45. The van der Waals surface area contributed by atoms with Crippen molar-refractivity contribution >= 4 is 5.91 Å². The lowest BCUT2D eigenvalue weighted by atomic mass is 9.84. The van der Waals surface area contributed by atoms with E-state index in [4.69, 9.17) is 9.47 Å². The molecule has 0 aliphatic carbocycles. The van der Waals surface area contributed by atoms with Gasteiger partial charge in [-0.3, -0.25) is 4.79 Å². The molecular weight excluding hydrogens is 258 g/mol. The van der Waals surface area contributed by atoms with Crippen LogP contribution in [0.3, 0.4) is 0 Å². The van der Waals surface area contributed by atoms with Crippen molar-refractivity contribution in [3.05, 3.63) is 24.3 Å². The maximum Gasteiger partial charge on any atom is 0.291 e. The zero-order chi connectivity index (χ0) is 14.0. The fourth-order valence-corrected chi connectivity index (χ4v) is 2.93. The molecule has 1 aromatic rings. The lowest BCUT2D eigenvalue weighted by molar-refractivity contribution is -0.185. The Morgan fingerprint density at radius 3 is 2.95 bits per heavy atom. The highest BCUT2D eigenvalue weighted by atomic mass is 16.5. The van der Waals surface area contributed by atoms with Gasteiger partial charge in [0.05, 0.1) is 19.2 Å². The van der Waals surface area contributed by atoms with Gasteiger partial charge in [0.2, 0.25) is 5.82 Å². The number of carbonyl (C=O) groups is 1. The molecule has 2 aliphatic rings. The Hall–Kier alpha value is -1.53. The first-order valence-corrected chi connectivity index (χ1v) is 7.04. The zero-order valence-corrected chi connectivity index (χ0v) is 11.6. The Morgan fingerprint density at radius 1 is 1.50 bits per heavy atom. The van der Waals surface area contributed by atoms with Crippen LogP contribution < -0.4 is 0 Å². The largest absolute Gasteiger partial charge is 0.378 e. The van der Waals surface area contributed by atoms with Crippen LogP contribution in [-0.4, -0.2) is 58.8 Å². The van der Waals surface area contributed by atoms with Crippen LogP contribution in [-0.2, 0) is 9.47 Å². The second-order valence-electron chi connectivity index (χ2n) is 5.34. The molecule has 3 rings (SSSR count). The van der Waals surface area contributed by atoms with Gasteiger partial charge in [0.1, 0.15) is 5.60 Å².